The number of hydrogen-bond acceptors (Lipinski definition) is 8. The molecule has 2 N–H and O–H groups in total. The maximum Gasteiger partial charge on any atom is 0.339 e. The van der Waals surface area contributed by atoms with Gasteiger partial charge in [-0.1, -0.05) is 20.8 Å². The fourth-order valence-electron chi connectivity index (χ4n) is 5.15. The maximum absolute atomic E-state index is 12.6. The summed E-state index contributed by atoms with van der Waals surface area (Å²) in [6, 6.07) is 0. The molecule has 3 saturated heterocycles. The van der Waals surface area contributed by atoms with E-state index in [1.807, 2.05) is 0 Å². The van der Waals surface area contributed by atoms with Crippen LogP contribution >= 0.6 is 0 Å². The molecule has 4 rings (SSSR count). The molecule has 3 heterocycles. The third kappa shape index (κ3) is 1.20. The van der Waals surface area contributed by atoms with Crippen LogP contribution in [-0.2, 0) is 28.6 Å². The van der Waals surface area contributed by atoms with E-state index in [0.717, 1.165) is 0 Å². The summed E-state index contributed by atoms with van der Waals surface area (Å²) in [5.41, 5.74) is -5.91. The minimum Gasteiger partial charge on any atom is -0.461 e. The highest BCUT2D eigenvalue weighted by Gasteiger charge is 2.92. The van der Waals surface area contributed by atoms with Crippen molar-refractivity contribution >= 4 is 17.9 Å². The Morgan fingerprint density at radius 1 is 1.13 bits per heavy atom. The van der Waals surface area contributed by atoms with Crippen LogP contribution in [-0.4, -0.2) is 52.2 Å². The monoisotopic (exact) mass is 326 g/mol. The van der Waals surface area contributed by atoms with Gasteiger partial charge in [0.2, 0.25) is 0 Å². The van der Waals surface area contributed by atoms with Gasteiger partial charge in [0.15, 0.2) is 6.10 Å². The van der Waals surface area contributed by atoms with E-state index in [4.69, 9.17) is 14.2 Å². The molecule has 8 heteroatoms. The molecule has 126 valence electrons. The Morgan fingerprint density at radius 3 is 2.39 bits per heavy atom. The van der Waals surface area contributed by atoms with Crippen LogP contribution in [0.1, 0.15) is 33.6 Å². The smallest absolute Gasteiger partial charge is 0.339 e. The molecule has 23 heavy (non-hydrogen) atoms. The van der Waals surface area contributed by atoms with E-state index < -0.39 is 58.3 Å². The second-order valence-electron chi connectivity index (χ2n) is 7.89. The Kier molecular flexibility index (Phi) is 2.39. The molecular formula is C15H18O8. The van der Waals surface area contributed by atoms with Crippen LogP contribution in [0.2, 0.25) is 0 Å². The largest absolute Gasteiger partial charge is 0.461 e. The molecule has 8 nitrogen and oxygen atoms in total. The summed E-state index contributed by atoms with van der Waals surface area (Å²) < 4.78 is 15.5. The predicted octanol–water partition coefficient (Wildman–Crippen LogP) is -0.744. The van der Waals surface area contributed by atoms with Crippen molar-refractivity contribution in [3.8, 4) is 0 Å². The second kappa shape index (κ2) is 3.70. The normalized spacial score (nSPS) is 51.0. The number of rotatable bonds is 0. The summed E-state index contributed by atoms with van der Waals surface area (Å²) in [5, 5.41) is 22.2. The predicted molar refractivity (Wildman–Crippen MR) is 70.4 cm³/mol. The lowest BCUT2D eigenvalue weighted by molar-refractivity contribution is -0.224. The van der Waals surface area contributed by atoms with Gasteiger partial charge < -0.3 is 24.4 Å². The van der Waals surface area contributed by atoms with E-state index in [1.165, 1.54) is 0 Å². The Labute approximate surface area is 131 Å². The van der Waals surface area contributed by atoms with E-state index in [2.05, 4.69) is 0 Å². The third-order valence-electron chi connectivity index (χ3n) is 6.22. The molecule has 4 aliphatic rings. The summed E-state index contributed by atoms with van der Waals surface area (Å²) in [6.07, 6.45) is -4.58. The zero-order valence-corrected chi connectivity index (χ0v) is 13.0. The maximum atomic E-state index is 12.6. The Balaban J connectivity index is 2.05. The van der Waals surface area contributed by atoms with Crippen molar-refractivity contribution in [2.24, 2.45) is 16.2 Å². The van der Waals surface area contributed by atoms with Crippen molar-refractivity contribution in [3.63, 3.8) is 0 Å². The van der Waals surface area contributed by atoms with Crippen LogP contribution in [0.15, 0.2) is 0 Å². The lowest BCUT2D eigenvalue weighted by Gasteiger charge is -2.49. The average molecular weight is 326 g/mol. The molecule has 6 atom stereocenters. The minimum absolute atomic E-state index is 0.0679. The second-order valence-corrected chi connectivity index (χ2v) is 7.89. The van der Waals surface area contributed by atoms with Gasteiger partial charge >= 0.3 is 17.9 Å². The number of carbonyl (C=O) groups excluding carboxylic acids is 3. The van der Waals surface area contributed by atoms with Gasteiger partial charge in [0, 0.05) is 6.42 Å². The van der Waals surface area contributed by atoms with E-state index in [1.54, 1.807) is 20.8 Å². The first-order chi connectivity index (χ1) is 10.5. The molecular weight excluding hydrogens is 308 g/mol. The van der Waals surface area contributed by atoms with Crippen LogP contribution in [0.4, 0.5) is 0 Å². The number of aliphatic hydroxyl groups is 2. The number of carbonyl (C=O) groups is 3. The molecule has 0 radical (unpaired) electrons. The molecule has 2 spiro atoms. The molecule has 4 fully saturated rings. The Hall–Kier alpha value is -1.67. The number of aliphatic hydroxyl groups excluding tert-OH is 1. The summed E-state index contributed by atoms with van der Waals surface area (Å²) in [4.78, 5) is 36.5. The zero-order valence-electron chi connectivity index (χ0n) is 13.0. The van der Waals surface area contributed by atoms with Crippen LogP contribution in [0.5, 0.6) is 0 Å². The first-order valence-electron chi connectivity index (χ1n) is 7.54. The first kappa shape index (κ1) is 14.9. The fraction of sp³-hybridized carbons (Fsp3) is 0.800. The van der Waals surface area contributed by atoms with Crippen molar-refractivity contribution in [1.29, 1.82) is 0 Å². The summed E-state index contributed by atoms with van der Waals surface area (Å²) in [6.45, 7) is 5.19. The van der Waals surface area contributed by atoms with Crippen molar-refractivity contribution < 1.29 is 38.8 Å². The minimum atomic E-state index is -1.78. The Morgan fingerprint density at radius 2 is 1.78 bits per heavy atom. The highest BCUT2D eigenvalue weighted by molar-refractivity contribution is 5.94. The van der Waals surface area contributed by atoms with Gasteiger partial charge in [-0.2, -0.15) is 0 Å². The molecule has 0 bridgehead atoms. The summed E-state index contributed by atoms with van der Waals surface area (Å²) in [7, 11) is 0. The van der Waals surface area contributed by atoms with Gasteiger partial charge in [0.05, 0.1) is 12.0 Å². The zero-order chi connectivity index (χ0) is 17.0. The Bertz CT molecular complexity index is 650. The van der Waals surface area contributed by atoms with Gasteiger partial charge in [-0.3, -0.25) is 9.59 Å². The van der Waals surface area contributed by atoms with Crippen LogP contribution < -0.4 is 0 Å². The molecule has 3 aliphatic heterocycles. The van der Waals surface area contributed by atoms with Crippen LogP contribution in [0, 0.1) is 16.2 Å². The molecule has 0 aromatic carbocycles. The average Bonchev–Trinajstić information content (AvgIpc) is 3.00. The SMILES string of the molecule is CC(C)(C)[C@]1(O)C[C@@H]2OC(=O)C[C@]23C(=O)O[C@@H]2OC(=O)[C@H](O)C213. The van der Waals surface area contributed by atoms with Crippen molar-refractivity contribution in [3.05, 3.63) is 0 Å². The molecule has 1 aliphatic carbocycles. The van der Waals surface area contributed by atoms with E-state index in [0.29, 0.717) is 0 Å². The van der Waals surface area contributed by atoms with Crippen molar-refractivity contribution in [1.82, 2.24) is 0 Å². The van der Waals surface area contributed by atoms with Gasteiger partial charge in [-0.25, -0.2) is 4.79 Å². The molecule has 0 amide bonds. The highest BCUT2D eigenvalue weighted by Crippen LogP contribution is 2.75. The standard InChI is InChI=1S/C15H18O8/c1-12(2,3)14(20)4-6-13(5-7(16)21-6)10(19)23-11-15(13,14)8(17)9(18)22-11/h6,8,11,17,20H,4-5H2,1-3H3/t6-,8-,11-,13+,14+,15?/m0/s1. The molecule has 0 aromatic rings. The van der Waals surface area contributed by atoms with Gasteiger partial charge in [-0.05, 0) is 5.41 Å². The molecule has 0 aromatic heterocycles. The van der Waals surface area contributed by atoms with Crippen molar-refractivity contribution in [2.45, 2.75) is 57.7 Å². The fourth-order valence-corrected chi connectivity index (χ4v) is 5.15. The van der Waals surface area contributed by atoms with E-state index >= 15 is 0 Å². The summed E-state index contributed by atoms with van der Waals surface area (Å²) in [5.74, 6) is -2.36. The highest BCUT2D eigenvalue weighted by atomic mass is 16.7. The number of ether oxygens (including phenoxy) is 3. The van der Waals surface area contributed by atoms with Gasteiger partial charge in [-0.15, -0.1) is 0 Å². The van der Waals surface area contributed by atoms with Gasteiger partial charge in [0.1, 0.15) is 16.9 Å². The number of hydrogen-bond donors (Lipinski definition) is 2. The first-order valence-corrected chi connectivity index (χ1v) is 7.54. The quantitative estimate of drug-likeness (QED) is 0.558. The topological polar surface area (TPSA) is 119 Å². The van der Waals surface area contributed by atoms with Crippen LogP contribution in [0.25, 0.3) is 0 Å². The molecule has 1 unspecified atom stereocenters. The third-order valence-corrected chi connectivity index (χ3v) is 6.22. The number of esters is 3. The van der Waals surface area contributed by atoms with Gasteiger partial charge in [0.25, 0.3) is 6.29 Å². The lowest BCUT2D eigenvalue weighted by atomic mass is 9.52. The van der Waals surface area contributed by atoms with E-state index in [-0.39, 0.29) is 12.8 Å². The summed E-state index contributed by atoms with van der Waals surface area (Å²) >= 11 is 0. The molecule has 1 saturated carbocycles. The lowest BCUT2D eigenvalue weighted by Crippen LogP contribution is -2.65. The van der Waals surface area contributed by atoms with E-state index in [9.17, 15) is 24.6 Å². The van der Waals surface area contributed by atoms with Crippen LogP contribution in [0.3, 0.4) is 0 Å². The van der Waals surface area contributed by atoms with Crippen molar-refractivity contribution in [2.75, 3.05) is 0 Å².